The molecule has 106 valence electrons. The quantitative estimate of drug-likeness (QED) is 0.366. The predicted molar refractivity (Wildman–Crippen MR) is 67.5 cm³/mol. The van der Waals surface area contributed by atoms with Crippen molar-refractivity contribution in [1.82, 2.24) is 0 Å². The minimum absolute atomic E-state index is 0. The van der Waals surface area contributed by atoms with Gasteiger partial charge in [-0.05, 0) is 23.6 Å². The van der Waals surface area contributed by atoms with Crippen LogP contribution in [-0.2, 0) is 20.2 Å². The molecule has 2 aromatic carbocycles. The summed E-state index contributed by atoms with van der Waals surface area (Å²) in [7, 11) is -9.28. The first-order valence-corrected chi connectivity index (χ1v) is 7.69. The number of fused-ring (bicyclic) bond motifs is 1. The van der Waals surface area contributed by atoms with Gasteiger partial charge in [0, 0.05) is 5.39 Å². The molecule has 0 aliphatic carbocycles. The number of hydrogen-bond donors (Lipinski definition) is 3. The van der Waals surface area contributed by atoms with E-state index < -0.39 is 35.8 Å². The van der Waals surface area contributed by atoms with Crippen molar-refractivity contribution in [3.05, 3.63) is 30.3 Å². The smallest absolute Gasteiger partial charge is 1.00 e. The molecule has 0 bridgehead atoms. The molecule has 0 aliphatic rings. The Morgan fingerprint density at radius 1 is 0.857 bits per heavy atom. The molecule has 0 aliphatic heterocycles. The molecule has 11 heteroatoms. The fourth-order valence-corrected chi connectivity index (χ4v) is 2.99. The zero-order valence-corrected chi connectivity index (χ0v) is 16.8. The van der Waals surface area contributed by atoms with Gasteiger partial charge in [-0.2, -0.15) is 16.8 Å². The van der Waals surface area contributed by atoms with Crippen molar-refractivity contribution in [3.63, 3.8) is 0 Å². The fourth-order valence-electron chi connectivity index (χ4n) is 1.70. The Morgan fingerprint density at radius 3 is 1.86 bits per heavy atom. The molecule has 21 heavy (non-hydrogen) atoms. The van der Waals surface area contributed by atoms with E-state index in [1.54, 1.807) is 0 Å². The van der Waals surface area contributed by atoms with E-state index in [2.05, 4.69) is 0 Å². The molecule has 0 fully saturated rings. The van der Waals surface area contributed by atoms with Gasteiger partial charge in [-0.25, -0.2) is 0 Å². The Bertz CT molecular complexity index is 885. The summed E-state index contributed by atoms with van der Waals surface area (Å²) in [4.78, 5) is -1.36. The van der Waals surface area contributed by atoms with Crippen LogP contribution in [-0.4, -0.2) is 31.0 Å². The van der Waals surface area contributed by atoms with Crippen molar-refractivity contribution in [2.45, 2.75) is 9.79 Å². The molecule has 0 radical (unpaired) electrons. The van der Waals surface area contributed by atoms with Crippen molar-refractivity contribution in [2.75, 3.05) is 0 Å². The molecule has 0 unspecified atom stereocenters. The first kappa shape index (κ1) is 21.3. The summed E-state index contributed by atoms with van der Waals surface area (Å²) in [6.45, 7) is 0. The minimum atomic E-state index is -4.71. The Balaban J connectivity index is -0.000001000. The van der Waals surface area contributed by atoms with Crippen molar-refractivity contribution >= 4 is 31.0 Å². The Morgan fingerprint density at radius 2 is 1.38 bits per heavy atom. The third-order valence-electron chi connectivity index (χ3n) is 2.48. The first-order chi connectivity index (χ1) is 8.60. The van der Waals surface area contributed by atoms with Crippen LogP contribution in [0.1, 0.15) is 2.85 Å². The van der Waals surface area contributed by atoms with Gasteiger partial charge in [0.1, 0.15) is 15.5 Å². The number of phenols is 1. The summed E-state index contributed by atoms with van der Waals surface area (Å²) in [5, 5.41) is 9.55. The Labute approximate surface area is 168 Å². The van der Waals surface area contributed by atoms with Gasteiger partial charge in [0.25, 0.3) is 20.2 Å². The van der Waals surface area contributed by atoms with Gasteiger partial charge < -0.3 is 7.96 Å². The largest absolute Gasteiger partial charge is 1.00 e. The van der Waals surface area contributed by atoms with Crippen LogP contribution in [0.25, 0.3) is 10.8 Å². The molecule has 0 aromatic heterocycles. The summed E-state index contributed by atoms with van der Waals surface area (Å²) in [5.74, 6) is -0.720. The van der Waals surface area contributed by atoms with Gasteiger partial charge in [-0.1, -0.05) is 12.1 Å². The molecular weight excluding hydrogens is 342 g/mol. The molecule has 2 rings (SSSR count). The van der Waals surface area contributed by atoms with Crippen LogP contribution in [0.15, 0.2) is 40.1 Å². The second-order valence-corrected chi connectivity index (χ2v) is 6.53. The molecule has 3 N–H and O–H groups in total. The maximum Gasteiger partial charge on any atom is 1.00 e. The van der Waals surface area contributed by atoms with Crippen molar-refractivity contribution in [2.24, 2.45) is 0 Å². The molecule has 0 spiro atoms. The van der Waals surface area contributed by atoms with Crippen LogP contribution < -0.4 is 59.1 Å². The third-order valence-corrected chi connectivity index (χ3v) is 4.27. The average Bonchev–Trinajstić information content (AvgIpc) is 2.24. The molecule has 0 heterocycles. The second kappa shape index (κ2) is 7.26. The average molecular weight is 352 g/mol. The van der Waals surface area contributed by atoms with Crippen molar-refractivity contribution < 1.29 is 93.0 Å². The zero-order valence-electron chi connectivity index (χ0n) is 13.2. The topological polar surface area (TPSA) is 129 Å². The van der Waals surface area contributed by atoms with Crippen LogP contribution in [0, 0.1) is 0 Å². The van der Waals surface area contributed by atoms with Crippen molar-refractivity contribution in [1.29, 1.82) is 0 Å². The van der Waals surface area contributed by atoms with E-state index in [0.717, 1.165) is 18.2 Å². The Kier molecular flexibility index (Phi) is 7.37. The van der Waals surface area contributed by atoms with Gasteiger partial charge in [0.15, 0.2) is 0 Å². The van der Waals surface area contributed by atoms with Gasteiger partial charge >= 0.3 is 59.1 Å². The molecule has 0 saturated carbocycles. The number of hydrogen-bond acceptors (Lipinski definition) is 5. The molecule has 7 nitrogen and oxygen atoms in total. The van der Waals surface area contributed by atoms with E-state index in [-0.39, 0.29) is 72.7 Å². The van der Waals surface area contributed by atoms with E-state index in [1.807, 2.05) is 0 Å². The number of rotatable bonds is 2. The summed E-state index contributed by atoms with van der Waals surface area (Å²) in [6, 6.07) is 5.56. The summed E-state index contributed by atoms with van der Waals surface area (Å²) in [5.41, 5.74) is 0. The standard InChI is InChI=1S/C10H8O7S2.2Na.2H/c11-8-4-6-2-1-3-9(18(12,13)14)7(6)5-10(8)19(15,16)17;;;;/h1-5,11H,(H,12,13,14)(H,15,16,17);;;;/q;2*+1;2*-1. The summed E-state index contributed by atoms with van der Waals surface area (Å²) < 4.78 is 62.4. The molecule has 2 aromatic rings. The van der Waals surface area contributed by atoms with E-state index in [1.165, 1.54) is 12.1 Å². The molecule has 0 amide bonds. The minimum Gasteiger partial charge on any atom is -1.00 e. The number of phenolic OH excluding ortho intramolecular Hbond substituents is 1. The molecule has 0 saturated heterocycles. The van der Waals surface area contributed by atoms with Crippen LogP contribution in [0.3, 0.4) is 0 Å². The number of aromatic hydroxyl groups is 1. The van der Waals surface area contributed by atoms with E-state index in [4.69, 9.17) is 9.11 Å². The van der Waals surface area contributed by atoms with E-state index >= 15 is 0 Å². The van der Waals surface area contributed by atoms with Crippen LogP contribution in [0.2, 0.25) is 0 Å². The van der Waals surface area contributed by atoms with Crippen LogP contribution >= 0.6 is 0 Å². The van der Waals surface area contributed by atoms with Crippen LogP contribution in [0.5, 0.6) is 5.75 Å². The Hall–Kier alpha value is 0.320. The molecular formula is C10H10Na2O7S2. The fraction of sp³-hybridized carbons (Fsp3) is 0. The normalized spacial score (nSPS) is 11.5. The zero-order chi connectivity index (χ0) is 14.4. The first-order valence-electron chi connectivity index (χ1n) is 4.81. The summed E-state index contributed by atoms with van der Waals surface area (Å²) in [6.07, 6.45) is 0. The third kappa shape index (κ3) is 4.64. The van der Waals surface area contributed by atoms with E-state index in [0.29, 0.717) is 0 Å². The van der Waals surface area contributed by atoms with Gasteiger partial charge in [-0.15, -0.1) is 0 Å². The molecule has 0 atom stereocenters. The van der Waals surface area contributed by atoms with Gasteiger partial charge in [-0.3, -0.25) is 9.11 Å². The van der Waals surface area contributed by atoms with E-state index in [9.17, 15) is 21.9 Å². The SMILES string of the molecule is O=S(=O)(O)c1cc2c(S(=O)(=O)O)cccc2cc1O.[H-].[H-].[Na+].[Na+]. The monoisotopic (exact) mass is 352 g/mol. The number of benzene rings is 2. The summed E-state index contributed by atoms with van der Waals surface area (Å²) >= 11 is 0. The maximum atomic E-state index is 11.2. The maximum absolute atomic E-state index is 11.2. The predicted octanol–water partition coefficient (Wildman–Crippen LogP) is -4.73. The van der Waals surface area contributed by atoms with Crippen LogP contribution in [0.4, 0.5) is 0 Å². The van der Waals surface area contributed by atoms with Gasteiger partial charge in [0.2, 0.25) is 0 Å². The second-order valence-electron chi connectivity index (χ2n) is 3.75. The van der Waals surface area contributed by atoms with Gasteiger partial charge in [0.05, 0.1) is 0 Å². The van der Waals surface area contributed by atoms with Crippen molar-refractivity contribution in [3.8, 4) is 5.75 Å².